The minimum Gasteiger partial charge on any atom is -0.454 e. The maximum absolute atomic E-state index is 12.9. The van der Waals surface area contributed by atoms with E-state index in [0.29, 0.717) is 23.9 Å². The first-order chi connectivity index (χ1) is 13.6. The van der Waals surface area contributed by atoms with Gasteiger partial charge >= 0.3 is 0 Å². The van der Waals surface area contributed by atoms with E-state index < -0.39 is 6.04 Å². The quantitative estimate of drug-likeness (QED) is 0.668. The highest BCUT2D eigenvalue weighted by Gasteiger charge is 2.25. The number of aromatic amines is 1. The highest BCUT2D eigenvalue weighted by molar-refractivity contribution is 5.83. The first kappa shape index (κ1) is 17.9. The van der Waals surface area contributed by atoms with Crippen LogP contribution < -0.4 is 14.8 Å². The molecule has 2 heterocycles. The number of hydrogen-bond acceptors (Lipinski definition) is 7. The molecule has 0 fully saturated rings. The Balaban J connectivity index is 1.48. The second kappa shape index (κ2) is 7.65. The third-order valence-corrected chi connectivity index (χ3v) is 4.47. The van der Waals surface area contributed by atoms with Gasteiger partial charge in [0, 0.05) is 12.1 Å². The lowest BCUT2D eigenvalue weighted by atomic mass is 10.0. The molecule has 1 atom stereocenters. The number of likely N-dealkylation sites (N-methyl/N-ethyl adjacent to an activating group) is 1. The third-order valence-electron chi connectivity index (χ3n) is 4.47. The van der Waals surface area contributed by atoms with E-state index in [1.54, 1.807) is 0 Å². The number of fused-ring (bicyclic) bond motifs is 1. The van der Waals surface area contributed by atoms with Gasteiger partial charge in [-0.2, -0.15) is 5.21 Å². The summed E-state index contributed by atoms with van der Waals surface area (Å²) in [4.78, 5) is 14.8. The molecule has 1 aromatic heterocycles. The Morgan fingerprint density at radius 3 is 2.86 bits per heavy atom. The number of carbonyl (C=O) groups excluding carboxylic acids is 1. The van der Waals surface area contributed by atoms with Gasteiger partial charge in [-0.1, -0.05) is 24.3 Å². The van der Waals surface area contributed by atoms with Crippen LogP contribution in [0.4, 0.5) is 0 Å². The summed E-state index contributed by atoms with van der Waals surface area (Å²) in [5.74, 6) is 1.76. The largest absolute Gasteiger partial charge is 0.454 e. The molecular weight excluding hydrogens is 360 g/mol. The summed E-state index contributed by atoms with van der Waals surface area (Å²) in [5.41, 5.74) is 2.62. The van der Waals surface area contributed by atoms with Gasteiger partial charge in [0.1, 0.15) is 6.04 Å². The van der Waals surface area contributed by atoms with E-state index in [1.165, 1.54) is 0 Å². The molecular formula is C19H20N6O3. The second-order valence-corrected chi connectivity index (χ2v) is 6.63. The monoisotopic (exact) mass is 380 g/mol. The maximum Gasteiger partial charge on any atom is 0.242 e. The molecule has 3 aromatic rings. The molecule has 9 heteroatoms. The van der Waals surface area contributed by atoms with Crippen LogP contribution >= 0.6 is 0 Å². The fourth-order valence-corrected chi connectivity index (χ4v) is 3.16. The van der Waals surface area contributed by atoms with Crippen molar-refractivity contribution in [2.24, 2.45) is 0 Å². The summed E-state index contributed by atoms with van der Waals surface area (Å²) in [5, 5.41) is 17.0. The highest BCUT2D eigenvalue weighted by atomic mass is 16.7. The van der Waals surface area contributed by atoms with Crippen molar-refractivity contribution in [1.82, 2.24) is 30.8 Å². The van der Waals surface area contributed by atoms with Crippen LogP contribution in [-0.2, 0) is 11.3 Å². The van der Waals surface area contributed by atoms with Gasteiger partial charge in [0.2, 0.25) is 18.5 Å². The van der Waals surface area contributed by atoms with Gasteiger partial charge in [0.05, 0.1) is 0 Å². The van der Waals surface area contributed by atoms with Crippen molar-refractivity contribution >= 4 is 5.91 Å². The molecule has 1 aliphatic heterocycles. The predicted octanol–water partition coefficient (Wildman–Crippen LogP) is 1.51. The van der Waals surface area contributed by atoms with Crippen LogP contribution in [0.2, 0.25) is 0 Å². The molecule has 2 aromatic carbocycles. The van der Waals surface area contributed by atoms with Gasteiger partial charge in [-0.3, -0.25) is 9.69 Å². The summed E-state index contributed by atoms with van der Waals surface area (Å²) >= 11 is 0. The first-order valence-corrected chi connectivity index (χ1v) is 8.78. The number of amides is 1. The van der Waals surface area contributed by atoms with Gasteiger partial charge in [-0.05, 0) is 48.6 Å². The van der Waals surface area contributed by atoms with Crippen LogP contribution in [-0.4, -0.2) is 52.3 Å². The summed E-state index contributed by atoms with van der Waals surface area (Å²) in [6, 6.07) is 12.8. The average molecular weight is 380 g/mol. The Kier molecular flexibility index (Phi) is 4.90. The van der Waals surface area contributed by atoms with E-state index in [9.17, 15) is 4.79 Å². The number of aromatic nitrogens is 4. The van der Waals surface area contributed by atoms with Crippen LogP contribution in [0, 0.1) is 0 Å². The Morgan fingerprint density at radius 2 is 2.07 bits per heavy atom. The zero-order valence-corrected chi connectivity index (χ0v) is 15.5. The first-order valence-electron chi connectivity index (χ1n) is 8.78. The van der Waals surface area contributed by atoms with Crippen molar-refractivity contribution in [2.45, 2.75) is 12.6 Å². The number of benzene rings is 2. The van der Waals surface area contributed by atoms with Crippen LogP contribution in [0.5, 0.6) is 11.5 Å². The minimum atomic E-state index is -0.449. The van der Waals surface area contributed by atoms with Crippen LogP contribution in [0.1, 0.15) is 17.2 Å². The molecule has 0 unspecified atom stereocenters. The van der Waals surface area contributed by atoms with Gasteiger partial charge < -0.3 is 14.8 Å². The molecule has 28 heavy (non-hydrogen) atoms. The van der Waals surface area contributed by atoms with Gasteiger partial charge in [0.15, 0.2) is 11.5 Å². The predicted molar refractivity (Wildman–Crippen MR) is 100 cm³/mol. The van der Waals surface area contributed by atoms with Gasteiger partial charge in [-0.25, -0.2) is 0 Å². The number of ether oxygens (including phenoxy) is 2. The standard InChI is InChI=1S/C19H20N6O3/c1-25(2)17(13-6-7-15-16(9-13)28-11-27-15)19(26)20-10-12-4-3-5-14(8-12)18-21-23-24-22-18/h3-9,17H,10-11H2,1-2H3,(H,20,26)(H,21,22,23,24)/t17-/m0/s1. The minimum absolute atomic E-state index is 0.103. The fraction of sp³-hybridized carbons (Fsp3) is 0.263. The average Bonchev–Trinajstić information content (AvgIpc) is 3.38. The number of carbonyl (C=O) groups is 1. The molecule has 0 spiro atoms. The van der Waals surface area contributed by atoms with Crippen molar-refractivity contribution in [3.63, 3.8) is 0 Å². The van der Waals surface area contributed by atoms with E-state index in [1.807, 2.05) is 61.5 Å². The molecule has 144 valence electrons. The van der Waals surface area contributed by atoms with Crippen LogP contribution in [0.15, 0.2) is 42.5 Å². The van der Waals surface area contributed by atoms with E-state index >= 15 is 0 Å². The molecule has 4 rings (SSSR count). The number of tetrazole rings is 1. The zero-order valence-electron chi connectivity index (χ0n) is 15.5. The Labute approximate surface area is 161 Å². The van der Waals surface area contributed by atoms with Crippen molar-refractivity contribution in [1.29, 1.82) is 0 Å². The molecule has 0 saturated heterocycles. The van der Waals surface area contributed by atoms with Crippen molar-refractivity contribution in [3.05, 3.63) is 53.6 Å². The summed E-state index contributed by atoms with van der Waals surface area (Å²) < 4.78 is 10.8. The maximum atomic E-state index is 12.9. The normalized spacial score (nSPS) is 13.5. The number of nitrogens with zero attached hydrogens (tertiary/aromatic N) is 4. The molecule has 0 aliphatic carbocycles. The highest BCUT2D eigenvalue weighted by Crippen LogP contribution is 2.35. The lowest BCUT2D eigenvalue weighted by Gasteiger charge is -2.24. The van der Waals surface area contributed by atoms with Gasteiger partial charge in [0.25, 0.3) is 0 Å². The lowest BCUT2D eigenvalue weighted by molar-refractivity contribution is -0.125. The molecule has 2 N–H and O–H groups in total. The lowest BCUT2D eigenvalue weighted by Crippen LogP contribution is -2.36. The summed E-state index contributed by atoms with van der Waals surface area (Å²) in [6.45, 7) is 0.591. The van der Waals surface area contributed by atoms with E-state index in [2.05, 4.69) is 25.9 Å². The van der Waals surface area contributed by atoms with Crippen LogP contribution in [0.3, 0.4) is 0 Å². The number of H-pyrrole nitrogens is 1. The number of rotatable bonds is 6. The Hall–Kier alpha value is -3.46. The Morgan fingerprint density at radius 1 is 1.21 bits per heavy atom. The van der Waals surface area contributed by atoms with Crippen LogP contribution in [0.25, 0.3) is 11.4 Å². The molecule has 1 amide bonds. The van der Waals surface area contributed by atoms with Crippen molar-refractivity contribution in [2.75, 3.05) is 20.9 Å². The van der Waals surface area contributed by atoms with E-state index in [-0.39, 0.29) is 12.7 Å². The molecule has 9 nitrogen and oxygen atoms in total. The fourth-order valence-electron chi connectivity index (χ4n) is 3.16. The Bertz CT molecular complexity index is 974. The summed E-state index contributed by atoms with van der Waals surface area (Å²) in [7, 11) is 3.73. The second-order valence-electron chi connectivity index (χ2n) is 6.63. The molecule has 0 radical (unpaired) electrons. The van der Waals surface area contributed by atoms with E-state index in [0.717, 1.165) is 16.7 Å². The molecule has 1 aliphatic rings. The topological polar surface area (TPSA) is 105 Å². The van der Waals surface area contributed by atoms with Crippen molar-refractivity contribution < 1.29 is 14.3 Å². The third kappa shape index (κ3) is 3.65. The van der Waals surface area contributed by atoms with Gasteiger partial charge in [-0.15, -0.1) is 10.2 Å². The molecule has 0 bridgehead atoms. The molecule has 0 saturated carbocycles. The SMILES string of the molecule is CN(C)[C@H](C(=O)NCc1cccc(-c2nn[nH]n2)c1)c1ccc2c(c1)OCO2. The number of nitrogens with one attached hydrogen (secondary N) is 2. The number of hydrogen-bond donors (Lipinski definition) is 2. The summed E-state index contributed by atoms with van der Waals surface area (Å²) in [6.07, 6.45) is 0. The smallest absolute Gasteiger partial charge is 0.242 e. The van der Waals surface area contributed by atoms with Crippen molar-refractivity contribution in [3.8, 4) is 22.9 Å². The zero-order chi connectivity index (χ0) is 19.5. The van der Waals surface area contributed by atoms with E-state index in [4.69, 9.17) is 9.47 Å².